The molecule has 26 heavy (non-hydrogen) atoms. The summed E-state index contributed by atoms with van der Waals surface area (Å²) >= 11 is 0. The molecule has 0 aromatic carbocycles. The monoisotopic (exact) mass is 372 g/mol. The third-order valence-electron chi connectivity index (χ3n) is 7.05. The van der Waals surface area contributed by atoms with Crippen molar-refractivity contribution in [2.75, 3.05) is 26.7 Å². The fourth-order valence-electron chi connectivity index (χ4n) is 6.68. The quantitative estimate of drug-likeness (QED) is 0.761. The molecule has 146 valence electrons. The van der Waals surface area contributed by atoms with Gasteiger partial charge in [0.25, 0.3) is 0 Å². The summed E-state index contributed by atoms with van der Waals surface area (Å²) < 4.78 is 37.7. The first-order chi connectivity index (χ1) is 12.1. The van der Waals surface area contributed by atoms with Gasteiger partial charge in [-0.2, -0.15) is 13.2 Å². The number of carbonyl (C=O) groups is 2. The Labute approximate surface area is 152 Å². The molecule has 0 aromatic heterocycles. The highest BCUT2D eigenvalue weighted by Gasteiger charge is 2.52. The number of hydrogen-bond acceptors (Lipinski definition) is 2. The van der Waals surface area contributed by atoms with E-state index in [0.29, 0.717) is 6.54 Å². The van der Waals surface area contributed by atoms with Crippen LogP contribution in [0.1, 0.15) is 44.9 Å². The van der Waals surface area contributed by atoms with Gasteiger partial charge in [-0.3, -0.25) is 9.59 Å². The van der Waals surface area contributed by atoms with Gasteiger partial charge >= 0.3 is 6.18 Å². The zero-order chi connectivity index (χ0) is 18.7. The molecular formula is C19H27F3N2O2. The molecule has 4 bridgehead atoms. The molecule has 0 N–H and O–H groups in total. The molecule has 5 rings (SSSR count). The number of rotatable bonds is 4. The van der Waals surface area contributed by atoms with Crippen LogP contribution in [0.3, 0.4) is 0 Å². The second kappa shape index (κ2) is 6.13. The Kier molecular flexibility index (Phi) is 4.27. The number of halogens is 3. The van der Waals surface area contributed by atoms with Crippen LogP contribution in [0.15, 0.2) is 0 Å². The van der Waals surface area contributed by atoms with E-state index in [1.165, 1.54) is 38.5 Å². The molecule has 0 spiro atoms. The summed E-state index contributed by atoms with van der Waals surface area (Å²) in [6, 6.07) is 0. The zero-order valence-corrected chi connectivity index (χ0v) is 15.2. The standard InChI is InChI=1S/C19H27F3N2O2/c1-23(10-18-6-12-2-13(7-18)4-14(3-12)8-18)17(26)15-5-16(25)24(9-15)11-19(20,21)22/h12-15H,2-11H2,1H3/t12?,13?,14?,15-,18?/m1/s1. The first-order valence-electron chi connectivity index (χ1n) is 9.72. The van der Waals surface area contributed by atoms with E-state index in [2.05, 4.69) is 0 Å². The largest absolute Gasteiger partial charge is 0.406 e. The van der Waals surface area contributed by atoms with Gasteiger partial charge in [-0.05, 0) is 61.7 Å². The Morgan fingerprint density at radius 1 is 1.15 bits per heavy atom. The van der Waals surface area contributed by atoms with E-state index >= 15 is 0 Å². The Morgan fingerprint density at radius 2 is 1.69 bits per heavy atom. The highest BCUT2D eigenvalue weighted by atomic mass is 19.4. The average molecular weight is 372 g/mol. The van der Waals surface area contributed by atoms with Crippen LogP contribution in [0.25, 0.3) is 0 Å². The van der Waals surface area contributed by atoms with Crippen molar-refractivity contribution < 1.29 is 22.8 Å². The molecule has 1 aliphatic heterocycles. The Balaban J connectivity index is 1.37. The highest BCUT2D eigenvalue weighted by Crippen LogP contribution is 2.60. The molecule has 4 saturated carbocycles. The smallest absolute Gasteiger partial charge is 0.345 e. The normalized spacial score (nSPS) is 38.9. The highest BCUT2D eigenvalue weighted by molar-refractivity contribution is 5.89. The minimum atomic E-state index is -4.42. The summed E-state index contributed by atoms with van der Waals surface area (Å²) in [4.78, 5) is 27.1. The van der Waals surface area contributed by atoms with Gasteiger partial charge in [-0.25, -0.2) is 0 Å². The lowest BCUT2D eigenvalue weighted by Crippen LogP contribution is -2.52. The number of likely N-dealkylation sites (tertiary alicyclic amines) is 1. The van der Waals surface area contributed by atoms with E-state index in [1.807, 2.05) is 0 Å². The van der Waals surface area contributed by atoms with Crippen molar-refractivity contribution in [3.8, 4) is 0 Å². The van der Waals surface area contributed by atoms with Crippen LogP contribution in [0.5, 0.6) is 0 Å². The van der Waals surface area contributed by atoms with Gasteiger partial charge in [0.05, 0.1) is 5.92 Å². The molecule has 5 fully saturated rings. The first-order valence-corrected chi connectivity index (χ1v) is 9.72. The summed E-state index contributed by atoms with van der Waals surface area (Å²) in [5.74, 6) is 1.01. The molecule has 0 radical (unpaired) electrons. The molecule has 4 aliphatic carbocycles. The van der Waals surface area contributed by atoms with Crippen LogP contribution in [0.2, 0.25) is 0 Å². The van der Waals surface area contributed by atoms with Crippen molar-refractivity contribution in [1.82, 2.24) is 9.80 Å². The average Bonchev–Trinajstić information content (AvgIpc) is 2.83. The minimum absolute atomic E-state index is 0.0971. The van der Waals surface area contributed by atoms with Crippen molar-refractivity contribution in [2.45, 2.75) is 51.1 Å². The number of amides is 2. The van der Waals surface area contributed by atoms with Gasteiger partial charge in [-0.1, -0.05) is 0 Å². The zero-order valence-electron chi connectivity index (χ0n) is 15.2. The summed E-state index contributed by atoms with van der Waals surface area (Å²) in [6.45, 7) is -0.671. The summed E-state index contributed by atoms with van der Waals surface area (Å²) in [6.07, 6.45) is 3.03. The number of nitrogens with zero attached hydrogens (tertiary/aromatic N) is 2. The van der Waals surface area contributed by atoms with Gasteiger partial charge in [0, 0.05) is 26.6 Å². The van der Waals surface area contributed by atoms with Crippen LogP contribution in [0, 0.1) is 29.1 Å². The SMILES string of the molecule is CN(CC12CC3CC(CC(C3)C1)C2)C(=O)[C@@H]1CC(=O)N(CC(F)(F)F)C1. The van der Waals surface area contributed by atoms with Crippen molar-refractivity contribution >= 4 is 11.8 Å². The van der Waals surface area contributed by atoms with E-state index in [1.54, 1.807) is 11.9 Å². The van der Waals surface area contributed by atoms with Crippen molar-refractivity contribution in [3.05, 3.63) is 0 Å². The predicted octanol–water partition coefficient (Wildman–Crippen LogP) is 3.07. The number of carbonyl (C=O) groups excluding carboxylic acids is 2. The lowest BCUT2D eigenvalue weighted by molar-refractivity contribution is -0.157. The molecule has 4 nitrogen and oxygen atoms in total. The maximum Gasteiger partial charge on any atom is 0.406 e. The van der Waals surface area contributed by atoms with E-state index < -0.39 is 24.5 Å². The third-order valence-corrected chi connectivity index (χ3v) is 7.05. The lowest BCUT2D eigenvalue weighted by Gasteiger charge is -2.57. The molecule has 1 atom stereocenters. The first kappa shape index (κ1) is 18.1. The molecular weight excluding hydrogens is 345 g/mol. The Morgan fingerprint density at radius 3 is 2.19 bits per heavy atom. The van der Waals surface area contributed by atoms with Crippen LogP contribution >= 0.6 is 0 Å². The van der Waals surface area contributed by atoms with Crippen LogP contribution in [-0.4, -0.2) is 54.5 Å². The molecule has 7 heteroatoms. The Hall–Kier alpha value is -1.27. The summed E-state index contributed by atoms with van der Waals surface area (Å²) in [7, 11) is 1.76. The maximum absolute atomic E-state index is 12.8. The van der Waals surface area contributed by atoms with E-state index in [-0.39, 0.29) is 24.3 Å². The summed E-state index contributed by atoms with van der Waals surface area (Å²) in [5.41, 5.74) is 0.202. The molecule has 1 heterocycles. The van der Waals surface area contributed by atoms with Crippen molar-refractivity contribution in [1.29, 1.82) is 0 Å². The van der Waals surface area contributed by atoms with Gasteiger partial charge < -0.3 is 9.80 Å². The van der Waals surface area contributed by atoms with Crippen molar-refractivity contribution in [3.63, 3.8) is 0 Å². The van der Waals surface area contributed by atoms with Gasteiger partial charge in [-0.15, -0.1) is 0 Å². The molecule has 2 amide bonds. The maximum atomic E-state index is 12.8. The molecule has 0 unspecified atom stereocenters. The molecule has 5 aliphatic rings. The van der Waals surface area contributed by atoms with Crippen LogP contribution in [0.4, 0.5) is 13.2 Å². The van der Waals surface area contributed by atoms with Gasteiger partial charge in [0.2, 0.25) is 11.8 Å². The van der Waals surface area contributed by atoms with Crippen LogP contribution in [-0.2, 0) is 9.59 Å². The number of alkyl halides is 3. The predicted molar refractivity (Wildman–Crippen MR) is 89.0 cm³/mol. The third kappa shape index (κ3) is 3.46. The van der Waals surface area contributed by atoms with Gasteiger partial charge in [0.1, 0.15) is 6.54 Å². The van der Waals surface area contributed by atoms with Crippen molar-refractivity contribution in [2.24, 2.45) is 29.1 Å². The summed E-state index contributed by atoms with van der Waals surface area (Å²) in [5, 5.41) is 0. The fraction of sp³-hybridized carbons (Fsp3) is 0.895. The molecule has 0 aromatic rings. The van der Waals surface area contributed by atoms with E-state index in [9.17, 15) is 22.8 Å². The second-order valence-corrected chi connectivity index (χ2v) is 9.40. The van der Waals surface area contributed by atoms with Crippen LogP contribution < -0.4 is 0 Å². The fourth-order valence-corrected chi connectivity index (χ4v) is 6.68. The van der Waals surface area contributed by atoms with Gasteiger partial charge in [0.15, 0.2) is 0 Å². The lowest BCUT2D eigenvalue weighted by atomic mass is 9.49. The molecule has 1 saturated heterocycles. The second-order valence-electron chi connectivity index (χ2n) is 9.40. The minimum Gasteiger partial charge on any atom is -0.345 e. The van der Waals surface area contributed by atoms with E-state index in [0.717, 1.165) is 22.7 Å². The topological polar surface area (TPSA) is 40.6 Å². The Bertz CT molecular complexity index is 569. The number of hydrogen-bond donors (Lipinski definition) is 0. The van der Waals surface area contributed by atoms with E-state index in [4.69, 9.17) is 0 Å².